The van der Waals surface area contributed by atoms with Crippen LogP contribution in [0.2, 0.25) is 5.02 Å². The Hall–Kier alpha value is -2.60. The molecule has 2 aromatic rings. The van der Waals surface area contributed by atoms with Crippen LogP contribution < -0.4 is 0 Å². The van der Waals surface area contributed by atoms with Crippen molar-refractivity contribution in [3.63, 3.8) is 0 Å². The van der Waals surface area contributed by atoms with E-state index >= 15 is 0 Å². The topological polar surface area (TPSA) is 54.4 Å². The minimum atomic E-state index is -4.64. The van der Waals surface area contributed by atoms with Gasteiger partial charge in [0, 0.05) is 5.02 Å². The Labute approximate surface area is 183 Å². The van der Waals surface area contributed by atoms with Crippen molar-refractivity contribution in [1.82, 2.24) is 0 Å². The van der Waals surface area contributed by atoms with Crippen molar-refractivity contribution >= 4 is 28.7 Å². The maximum Gasteiger partial charge on any atom is 0.417 e. The SMILES string of the molecule is Cc1ccc(-c2ccc(Cl)cc2C(F)(F)F)cc1C1=C(O)C(C)(C)C(=O)C(C)(C)C1=O. The zero-order chi connectivity index (χ0) is 23.5. The molecule has 1 N–H and O–H groups in total. The van der Waals surface area contributed by atoms with Crippen LogP contribution in [0.4, 0.5) is 13.2 Å². The summed E-state index contributed by atoms with van der Waals surface area (Å²) in [6.07, 6.45) is -4.64. The summed E-state index contributed by atoms with van der Waals surface area (Å²) in [7, 11) is 0. The number of rotatable bonds is 2. The Morgan fingerprint density at radius 1 is 0.903 bits per heavy atom. The lowest BCUT2D eigenvalue weighted by molar-refractivity contribution is -0.143. The van der Waals surface area contributed by atoms with E-state index in [2.05, 4.69) is 0 Å². The molecule has 0 radical (unpaired) electrons. The molecule has 1 aliphatic rings. The number of aliphatic hydroxyl groups excluding tert-OH is 1. The van der Waals surface area contributed by atoms with Gasteiger partial charge in [-0.05, 0) is 75.1 Å². The van der Waals surface area contributed by atoms with Gasteiger partial charge in [0.25, 0.3) is 0 Å². The molecule has 0 aromatic heterocycles. The van der Waals surface area contributed by atoms with Crippen molar-refractivity contribution in [3.8, 4) is 11.1 Å². The zero-order valence-corrected chi connectivity index (χ0v) is 18.5. The van der Waals surface area contributed by atoms with Gasteiger partial charge >= 0.3 is 6.18 Å². The van der Waals surface area contributed by atoms with Crippen molar-refractivity contribution in [2.45, 2.75) is 40.8 Å². The van der Waals surface area contributed by atoms with Crippen molar-refractivity contribution in [3.05, 3.63) is 63.9 Å². The molecule has 3 nitrogen and oxygen atoms in total. The molecule has 0 unspecified atom stereocenters. The molecule has 164 valence electrons. The summed E-state index contributed by atoms with van der Waals surface area (Å²) in [5, 5.41) is 10.8. The number of benzene rings is 2. The smallest absolute Gasteiger partial charge is 0.417 e. The second-order valence-electron chi connectivity index (χ2n) is 8.85. The molecule has 0 heterocycles. The van der Waals surface area contributed by atoms with Gasteiger partial charge in [-0.1, -0.05) is 29.8 Å². The lowest BCUT2D eigenvalue weighted by Crippen LogP contribution is -2.48. The van der Waals surface area contributed by atoms with Gasteiger partial charge in [0.1, 0.15) is 5.76 Å². The summed E-state index contributed by atoms with van der Waals surface area (Å²) in [5.74, 6) is -1.37. The molecule has 7 heteroatoms. The molecule has 0 spiro atoms. The van der Waals surface area contributed by atoms with E-state index in [0.29, 0.717) is 5.56 Å². The van der Waals surface area contributed by atoms with E-state index in [1.807, 2.05) is 0 Å². The Balaban J connectivity index is 2.31. The number of allylic oxidation sites excluding steroid dienone is 2. The number of alkyl halides is 3. The van der Waals surface area contributed by atoms with Gasteiger partial charge in [0.05, 0.1) is 22.0 Å². The number of hydrogen-bond acceptors (Lipinski definition) is 3. The molecule has 0 bridgehead atoms. The first-order valence-corrected chi connectivity index (χ1v) is 9.99. The van der Waals surface area contributed by atoms with Gasteiger partial charge in [-0.15, -0.1) is 0 Å². The Bertz CT molecular complexity index is 1140. The van der Waals surface area contributed by atoms with Crippen LogP contribution in [0.1, 0.15) is 44.4 Å². The molecule has 0 saturated heterocycles. The zero-order valence-electron chi connectivity index (χ0n) is 17.7. The summed E-state index contributed by atoms with van der Waals surface area (Å²) in [6.45, 7) is 7.73. The van der Waals surface area contributed by atoms with Crippen LogP contribution >= 0.6 is 11.6 Å². The fraction of sp³-hybridized carbons (Fsp3) is 0.333. The maximum absolute atomic E-state index is 13.6. The lowest BCUT2D eigenvalue weighted by atomic mass is 9.62. The van der Waals surface area contributed by atoms with Crippen molar-refractivity contribution < 1.29 is 27.9 Å². The number of carbonyl (C=O) groups is 2. The largest absolute Gasteiger partial charge is 0.510 e. The van der Waals surface area contributed by atoms with Gasteiger partial charge in [0.2, 0.25) is 0 Å². The maximum atomic E-state index is 13.6. The van der Waals surface area contributed by atoms with Crippen LogP contribution in [-0.4, -0.2) is 16.7 Å². The molecule has 0 aliphatic heterocycles. The number of aliphatic hydroxyl groups is 1. The summed E-state index contributed by atoms with van der Waals surface area (Å²) in [6, 6.07) is 8.03. The van der Waals surface area contributed by atoms with E-state index in [1.54, 1.807) is 13.0 Å². The van der Waals surface area contributed by atoms with Gasteiger partial charge in [-0.3, -0.25) is 9.59 Å². The van der Waals surface area contributed by atoms with Gasteiger partial charge in [0.15, 0.2) is 11.6 Å². The molecule has 0 saturated carbocycles. The fourth-order valence-electron chi connectivity index (χ4n) is 4.04. The summed E-state index contributed by atoms with van der Waals surface area (Å²) in [4.78, 5) is 26.0. The van der Waals surface area contributed by atoms with Crippen LogP contribution in [0.3, 0.4) is 0 Å². The van der Waals surface area contributed by atoms with Crippen molar-refractivity contribution in [1.29, 1.82) is 0 Å². The summed E-state index contributed by atoms with van der Waals surface area (Å²) in [5.41, 5.74) is -2.66. The second kappa shape index (κ2) is 7.23. The highest BCUT2D eigenvalue weighted by Crippen LogP contribution is 2.47. The number of carbonyl (C=O) groups excluding carboxylic acids is 2. The van der Waals surface area contributed by atoms with E-state index in [0.717, 1.165) is 6.07 Å². The van der Waals surface area contributed by atoms with E-state index < -0.39 is 34.1 Å². The van der Waals surface area contributed by atoms with Crippen LogP contribution in [0, 0.1) is 17.8 Å². The molecule has 1 aliphatic carbocycles. The van der Waals surface area contributed by atoms with Crippen LogP contribution in [0.5, 0.6) is 0 Å². The molecule has 2 aromatic carbocycles. The third kappa shape index (κ3) is 3.67. The number of aryl methyl sites for hydroxylation is 1. The van der Waals surface area contributed by atoms with Crippen molar-refractivity contribution in [2.75, 3.05) is 0 Å². The molecule has 3 rings (SSSR count). The van der Waals surface area contributed by atoms with Gasteiger partial charge in [-0.25, -0.2) is 0 Å². The fourth-order valence-corrected chi connectivity index (χ4v) is 4.21. The van der Waals surface area contributed by atoms with Crippen LogP contribution in [0.25, 0.3) is 16.7 Å². The Morgan fingerprint density at radius 2 is 1.52 bits per heavy atom. The molecule has 0 amide bonds. The molecular formula is C24H22ClF3O3. The third-order valence-electron chi connectivity index (χ3n) is 5.86. The number of Topliss-reactive ketones (excluding diaryl/α,β-unsaturated/α-hetero) is 2. The van der Waals surface area contributed by atoms with Gasteiger partial charge in [-0.2, -0.15) is 13.2 Å². The predicted octanol–water partition coefficient (Wildman–Crippen LogP) is 6.81. The number of ketones is 2. The first-order valence-electron chi connectivity index (χ1n) is 9.61. The number of hydrogen-bond donors (Lipinski definition) is 1. The van der Waals surface area contributed by atoms with Gasteiger partial charge < -0.3 is 5.11 Å². The Kier molecular flexibility index (Phi) is 5.38. The monoisotopic (exact) mass is 450 g/mol. The standard InChI is InChI=1S/C24H22ClF3O3/c1-12-6-7-13(15-9-8-14(25)11-17(15)24(26,27)28)10-16(12)18-19(29)22(2,3)21(31)23(4,5)20(18)30/h6-11,29H,1-5H3. The highest BCUT2D eigenvalue weighted by Gasteiger charge is 2.53. The second-order valence-corrected chi connectivity index (χ2v) is 9.29. The highest BCUT2D eigenvalue weighted by molar-refractivity contribution is 6.34. The predicted molar refractivity (Wildman–Crippen MR) is 114 cm³/mol. The lowest BCUT2D eigenvalue weighted by Gasteiger charge is -2.38. The highest BCUT2D eigenvalue weighted by atomic mass is 35.5. The van der Waals surface area contributed by atoms with Crippen molar-refractivity contribution in [2.24, 2.45) is 10.8 Å². The average Bonchev–Trinajstić information content (AvgIpc) is 2.67. The normalized spacial score (nSPS) is 18.5. The van der Waals surface area contributed by atoms with E-state index in [-0.39, 0.29) is 33.0 Å². The minimum Gasteiger partial charge on any atom is -0.510 e. The number of halogens is 4. The average molecular weight is 451 g/mol. The minimum absolute atomic E-state index is 0.0449. The molecule has 0 fully saturated rings. The summed E-state index contributed by atoms with van der Waals surface area (Å²) < 4.78 is 40.9. The van der Waals surface area contributed by atoms with Crippen LogP contribution in [0.15, 0.2) is 42.2 Å². The van der Waals surface area contributed by atoms with E-state index in [9.17, 15) is 27.9 Å². The molecule has 0 atom stereocenters. The van der Waals surface area contributed by atoms with E-state index in [1.165, 1.54) is 52.0 Å². The first-order chi connectivity index (χ1) is 14.1. The Morgan fingerprint density at radius 3 is 2.10 bits per heavy atom. The molecule has 31 heavy (non-hydrogen) atoms. The van der Waals surface area contributed by atoms with Crippen LogP contribution in [-0.2, 0) is 15.8 Å². The van der Waals surface area contributed by atoms with E-state index in [4.69, 9.17) is 11.6 Å². The first kappa shape index (κ1) is 23.1. The summed E-state index contributed by atoms with van der Waals surface area (Å²) >= 11 is 5.79. The third-order valence-corrected chi connectivity index (χ3v) is 6.10. The quantitative estimate of drug-likeness (QED) is 0.511. The molecular weight excluding hydrogens is 429 g/mol.